The summed E-state index contributed by atoms with van der Waals surface area (Å²) in [5.74, 6) is -0.846. The predicted molar refractivity (Wildman–Crippen MR) is 68.1 cm³/mol. The van der Waals surface area contributed by atoms with Gasteiger partial charge in [-0.2, -0.15) is 11.8 Å². The van der Waals surface area contributed by atoms with Gasteiger partial charge < -0.3 is 5.32 Å². The molecule has 0 radical (unpaired) electrons. The Labute approximate surface area is 105 Å². The Morgan fingerprint density at radius 3 is 2.76 bits per heavy atom. The van der Waals surface area contributed by atoms with Gasteiger partial charge in [0, 0.05) is 22.6 Å². The van der Waals surface area contributed by atoms with E-state index in [-0.39, 0.29) is 6.04 Å². The van der Waals surface area contributed by atoms with Gasteiger partial charge in [0.2, 0.25) is 0 Å². The van der Waals surface area contributed by atoms with Crippen molar-refractivity contribution in [2.24, 2.45) is 0 Å². The van der Waals surface area contributed by atoms with Crippen LogP contribution in [0.4, 0.5) is 8.78 Å². The summed E-state index contributed by atoms with van der Waals surface area (Å²) in [4.78, 5) is 0. The molecule has 2 atom stereocenters. The van der Waals surface area contributed by atoms with Crippen molar-refractivity contribution in [3.8, 4) is 0 Å². The molecule has 1 heterocycles. The van der Waals surface area contributed by atoms with Crippen LogP contribution in [0.3, 0.4) is 0 Å². The molecule has 0 saturated heterocycles. The van der Waals surface area contributed by atoms with Gasteiger partial charge in [-0.3, -0.25) is 0 Å². The molecule has 1 aliphatic heterocycles. The first kappa shape index (κ1) is 12.8. The average Bonchev–Trinajstić information content (AvgIpc) is 2.34. The highest BCUT2D eigenvalue weighted by atomic mass is 32.2. The minimum Gasteiger partial charge on any atom is -0.309 e. The molecule has 1 aromatic rings. The molecule has 0 aromatic heterocycles. The van der Waals surface area contributed by atoms with Crippen LogP contribution in [0.2, 0.25) is 0 Å². The van der Waals surface area contributed by atoms with Crippen molar-refractivity contribution in [3.63, 3.8) is 0 Å². The molecule has 94 valence electrons. The Bertz CT molecular complexity index is 409. The monoisotopic (exact) mass is 257 g/mol. The average molecular weight is 257 g/mol. The summed E-state index contributed by atoms with van der Waals surface area (Å²) in [6.45, 7) is 5.00. The van der Waals surface area contributed by atoms with E-state index < -0.39 is 11.6 Å². The van der Waals surface area contributed by atoms with E-state index in [1.54, 1.807) is 17.8 Å². The molecular formula is C13H17F2NS. The summed E-state index contributed by atoms with van der Waals surface area (Å²) in [7, 11) is 0. The van der Waals surface area contributed by atoms with Crippen LogP contribution in [-0.4, -0.2) is 11.8 Å². The molecule has 4 heteroatoms. The van der Waals surface area contributed by atoms with Crippen LogP contribution in [0.5, 0.6) is 0 Å². The highest BCUT2D eigenvalue weighted by Gasteiger charge is 2.30. The highest BCUT2D eigenvalue weighted by molar-refractivity contribution is 7.99. The van der Waals surface area contributed by atoms with Crippen molar-refractivity contribution in [1.29, 1.82) is 0 Å². The third-order valence-corrected chi connectivity index (χ3v) is 4.70. The summed E-state index contributed by atoms with van der Waals surface area (Å²) in [5.41, 5.74) is 1.46. The zero-order valence-corrected chi connectivity index (χ0v) is 10.9. The fraction of sp³-hybridized carbons (Fsp3) is 0.538. The van der Waals surface area contributed by atoms with Crippen LogP contribution in [0.1, 0.15) is 37.4 Å². The molecule has 1 N–H and O–H groups in total. The maximum atomic E-state index is 13.7. The minimum atomic E-state index is -0.741. The number of benzene rings is 1. The molecule has 2 rings (SSSR count). The highest BCUT2D eigenvalue weighted by Crippen LogP contribution is 2.40. The van der Waals surface area contributed by atoms with E-state index in [0.29, 0.717) is 16.6 Å². The zero-order chi connectivity index (χ0) is 12.4. The van der Waals surface area contributed by atoms with Gasteiger partial charge >= 0.3 is 0 Å². The number of hydrogen-bond donors (Lipinski definition) is 1. The smallest absolute Gasteiger partial charge is 0.163 e. The van der Waals surface area contributed by atoms with Crippen LogP contribution in [0, 0.1) is 11.6 Å². The molecule has 0 aliphatic carbocycles. The zero-order valence-electron chi connectivity index (χ0n) is 10.1. The number of thioether (sulfide) groups is 1. The second-order valence-electron chi connectivity index (χ2n) is 4.22. The summed E-state index contributed by atoms with van der Waals surface area (Å²) in [6, 6.07) is 3.10. The van der Waals surface area contributed by atoms with Crippen molar-refractivity contribution in [1.82, 2.24) is 5.32 Å². The van der Waals surface area contributed by atoms with Crippen molar-refractivity contribution >= 4 is 11.8 Å². The fourth-order valence-electron chi connectivity index (χ4n) is 2.35. The summed E-state index contributed by atoms with van der Waals surface area (Å²) in [5, 5.41) is 3.82. The molecule has 0 bridgehead atoms. The first-order valence-electron chi connectivity index (χ1n) is 6.00. The lowest BCUT2D eigenvalue weighted by molar-refractivity contribution is 0.477. The lowest BCUT2D eigenvalue weighted by atomic mass is 9.96. The second kappa shape index (κ2) is 5.36. The largest absolute Gasteiger partial charge is 0.309 e. The third kappa shape index (κ3) is 2.33. The molecule has 17 heavy (non-hydrogen) atoms. The quantitative estimate of drug-likeness (QED) is 0.887. The number of hydrogen-bond acceptors (Lipinski definition) is 2. The standard InChI is InChI=1S/C13H17F2NS/c1-3-11-13(16-4-2)8-5-6-10(14)12(15)9(8)7-17-11/h5-6,11,13,16H,3-4,7H2,1-2H3. The first-order valence-corrected chi connectivity index (χ1v) is 7.05. The van der Waals surface area contributed by atoms with Crippen LogP contribution >= 0.6 is 11.8 Å². The number of nitrogens with one attached hydrogen (secondary N) is 1. The molecule has 0 saturated carbocycles. The topological polar surface area (TPSA) is 12.0 Å². The van der Waals surface area contributed by atoms with Gasteiger partial charge in [0.25, 0.3) is 0 Å². The molecule has 1 aromatic carbocycles. The Morgan fingerprint density at radius 1 is 1.35 bits per heavy atom. The van der Waals surface area contributed by atoms with Gasteiger partial charge in [0.15, 0.2) is 11.6 Å². The van der Waals surface area contributed by atoms with Crippen LogP contribution in [0.15, 0.2) is 12.1 Å². The van der Waals surface area contributed by atoms with E-state index in [0.717, 1.165) is 18.5 Å². The van der Waals surface area contributed by atoms with Crippen molar-refractivity contribution < 1.29 is 8.78 Å². The van der Waals surface area contributed by atoms with Gasteiger partial charge in [-0.25, -0.2) is 8.78 Å². The Balaban J connectivity index is 2.42. The molecule has 1 nitrogen and oxygen atoms in total. The molecule has 0 amide bonds. The minimum absolute atomic E-state index is 0.133. The number of halogens is 2. The van der Waals surface area contributed by atoms with Gasteiger partial charge in [0.05, 0.1) is 0 Å². The summed E-state index contributed by atoms with van der Waals surface area (Å²) < 4.78 is 26.9. The molecule has 1 aliphatic rings. The lowest BCUT2D eigenvalue weighted by Gasteiger charge is -2.33. The molecule has 2 unspecified atom stereocenters. The predicted octanol–water partition coefficient (Wildman–Crippen LogP) is 3.64. The molecular weight excluding hydrogens is 240 g/mol. The van der Waals surface area contributed by atoms with Crippen molar-refractivity contribution in [3.05, 3.63) is 34.9 Å². The van der Waals surface area contributed by atoms with Crippen LogP contribution in [0.25, 0.3) is 0 Å². The van der Waals surface area contributed by atoms with E-state index in [9.17, 15) is 8.78 Å². The SMILES string of the molecule is CCNC1c2ccc(F)c(F)c2CSC1CC. The maximum Gasteiger partial charge on any atom is 0.163 e. The van der Waals surface area contributed by atoms with Gasteiger partial charge in [-0.1, -0.05) is 19.9 Å². The number of rotatable bonds is 3. The lowest BCUT2D eigenvalue weighted by Crippen LogP contribution is -2.33. The van der Waals surface area contributed by atoms with E-state index >= 15 is 0 Å². The Kier molecular flexibility index (Phi) is 4.05. The van der Waals surface area contributed by atoms with Crippen LogP contribution < -0.4 is 5.32 Å². The second-order valence-corrected chi connectivity index (χ2v) is 5.45. The Hall–Kier alpha value is -0.610. The summed E-state index contributed by atoms with van der Waals surface area (Å²) >= 11 is 1.71. The first-order chi connectivity index (χ1) is 8.19. The normalized spacial score (nSPS) is 23.5. The van der Waals surface area contributed by atoms with E-state index in [1.165, 1.54) is 6.07 Å². The van der Waals surface area contributed by atoms with Gasteiger partial charge in [-0.05, 0) is 24.6 Å². The van der Waals surface area contributed by atoms with Crippen molar-refractivity contribution in [2.75, 3.05) is 6.54 Å². The van der Waals surface area contributed by atoms with Crippen LogP contribution in [-0.2, 0) is 5.75 Å². The van der Waals surface area contributed by atoms with E-state index in [4.69, 9.17) is 0 Å². The maximum absolute atomic E-state index is 13.7. The number of fused-ring (bicyclic) bond motifs is 1. The fourth-order valence-corrected chi connectivity index (χ4v) is 3.69. The molecule has 0 spiro atoms. The van der Waals surface area contributed by atoms with E-state index in [2.05, 4.69) is 12.2 Å². The Morgan fingerprint density at radius 2 is 2.12 bits per heavy atom. The van der Waals surface area contributed by atoms with E-state index in [1.807, 2.05) is 6.92 Å². The van der Waals surface area contributed by atoms with Gasteiger partial charge in [0.1, 0.15) is 0 Å². The third-order valence-electron chi connectivity index (χ3n) is 3.21. The summed E-state index contributed by atoms with van der Waals surface area (Å²) in [6.07, 6.45) is 1.03. The molecule has 0 fully saturated rings. The van der Waals surface area contributed by atoms with Crippen molar-refractivity contribution in [2.45, 2.75) is 37.3 Å². The van der Waals surface area contributed by atoms with Gasteiger partial charge in [-0.15, -0.1) is 0 Å².